The van der Waals surface area contributed by atoms with Crippen LogP contribution >= 0.6 is 0 Å². The number of hydrogen-bond acceptors (Lipinski definition) is 3. The fourth-order valence-electron chi connectivity index (χ4n) is 1.01. The molecule has 64 valence electrons. The number of hydroxylamine groups is 1. The molecule has 0 radical (unpaired) electrons. The molecule has 3 heteroatoms. The molecule has 0 spiro atoms. The first-order chi connectivity index (χ1) is 5.86. The summed E-state index contributed by atoms with van der Waals surface area (Å²) in [5.41, 5.74) is 3.16. The summed E-state index contributed by atoms with van der Waals surface area (Å²) >= 11 is 0. The Bertz CT molecular complexity index is 236. The summed E-state index contributed by atoms with van der Waals surface area (Å²) < 4.78 is 0. The van der Waals surface area contributed by atoms with E-state index in [1.54, 1.807) is 0 Å². The Kier molecular flexibility index (Phi) is 3.44. The van der Waals surface area contributed by atoms with Gasteiger partial charge in [0.2, 0.25) is 0 Å². The topological polar surface area (TPSA) is 56.1 Å². The Labute approximate surface area is 71.5 Å². The van der Waals surface area contributed by atoms with Crippen LogP contribution in [0.15, 0.2) is 30.3 Å². The van der Waals surface area contributed by atoms with Gasteiger partial charge in [0.25, 0.3) is 0 Å². The molecule has 0 aliphatic rings. The van der Waals surface area contributed by atoms with Crippen LogP contribution < -0.4 is 5.48 Å². The molecule has 0 aliphatic carbocycles. The zero-order chi connectivity index (χ0) is 8.81. The molecule has 12 heavy (non-hydrogen) atoms. The van der Waals surface area contributed by atoms with E-state index < -0.39 is 0 Å². The Balaban J connectivity index is 2.56. The lowest BCUT2D eigenvalue weighted by molar-refractivity contribution is 0.151. The molecule has 1 aromatic carbocycles. The summed E-state index contributed by atoms with van der Waals surface area (Å²) in [5, 5.41) is 15.5. The minimum Gasteiger partial charge on any atom is -0.316 e. The predicted molar refractivity (Wildman–Crippen MR) is 47.6 cm³/mol. The van der Waals surface area contributed by atoms with Crippen LogP contribution in [0.2, 0.25) is 0 Å². The van der Waals surface area contributed by atoms with Crippen molar-refractivity contribution in [1.29, 1.82) is 5.41 Å². The molecular weight excluding hydrogens is 152 g/mol. The van der Waals surface area contributed by atoms with Gasteiger partial charge in [0.15, 0.2) is 0 Å². The maximum Gasteiger partial charge on any atom is 0.0704 e. The average molecular weight is 164 g/mol. The number of benzene rings is 1. The third kappa shape index (κ3) is 2.45. The van der Waals surface area contributed by atoms with Crippen LogP contribution in [0.5, 0.6) is 0 Å². The first kappa shape index (κ1) is 8.90. The lowest BCUT2D eigenvalue weighted by Gasteiger charge is -2.07. The highest BCUT2D eigenvalue weighted by atomic mass is 16.5. The molecule has 0 aliphatic heterocycles. The zero-order valence-electron chi connectivity index (χ0n) is 6.70. The SMILES string of the molecule is N=CC(Cc1ccccc1)NO. The van der Waals surface area contributed by atoms with Gasteiger partial charge in [-0.1, -0.05) is 30.3 Å². The highest BCUT2D eigenvalue weighted by Crippen LogP contribution is 2.01. The highest BCUT2D eigenvalue weighted by Gasteiger charge is 2.02. The standard InChI is InChI=1S/C9H12N2O/c10-7-9(11-12)6-8-4-2-1-3-5-8/h1-5,7,9-12H,6H2. The van der Waals surface area contributed by atoms with Gasteiger partial charge < -0.3 is 10.6 Å². The fraction of sp³-hybridized carbons (Fsp3) is 0.222. The molecule has 1 aromatic rings. The van der Waals surface area contributed by atoms with Crippen LogP contribution in [0.25, 0.3) is 0 Å². The Morgan fingerprint density at radius 1 is 1.42 bits per heavy atom. The molecule has 3 nitrogen and oxygen atoms in total. The van der Waals surface area contributed by atoms with Crippen LogP contribution in [0.3, 0.4) is 0 Å². The second kappa shape index (κ2) is 4.64. The van der Waals surface area contributed by atoms with Crippen LogP contribution in [-0.4, -0.2) is 17.5 Å². The van der Waals surface area contributed by atoms with Crippen molar-refractivity contribution in [2.24, 2.45) is 0 Å². The number of rotatable bonds is 4. The zero-order valence-corrected chi connectivity index (χ0v) is 6.70. The van der Waals surface area contributed by atoms with E-state index in [1.807, 2.05) is 30.3 Å². The van der Waals surface area contributed by atoms with E-state index in [9.17, 15) is 0 Å². The van der Waals surface area contributed by atoms with Crippen molar-refractivity contribution in [3.8, 4) is 0 Å². The van der Waals surface area contributed by atoms with E-state index >= 15 is 0 Å². The fourth-order valence-corrected chi connectivity index (χ4v) is 1.01. The molecular formula is C9H12N2O. The molecule has 0 amide bonds. The maximum atomic E-state index is 8.59. The van der Waals surface area contributed by atoms with Gasteiger partial charge in [-0.2, -0.15) is 5.48 Å². The average Bonchev–Trinajstić information content (AvgIpc) is 2.16. The van der Waals surface area contributed by atoms with E-state index in [1.165, 1.54) is 6.21 Å². The highest BCUT2D eigenvalue weighted by molar-refractivity contribution is 5.61. The molecule has 0 fully saturated rings. The van der Waals surface area contributed by atoms with Crippen molar-refractivity contribution >= 4 is 6.21 Å². The van der Waals surface area contributed by atoms with Gasteiger partial charge >= 0.3 is 0 Å². The third-order valence-electron chi connectivity index (χ3n) is 1.67. The molecule has 0 aromatic heterocycles. The predicted octanol–water partition coefficient (Wildman–Crippen LogP) is 1.23. The van der Waals surface area contributed by atoms with E-state index in [0.717, 1.165) is 5.56 Å². The molecule has 0 saturated carbocycles. The Morgan fingerprint density at radius 2 is 2.08 bits per heavy atom. The summed E-state index contributed by atoms with van der Waals surface area (Å²) in [6, 6.07) is 9.46. The normalized spacial score (nSPS) is 12.4. The second-order valence-electron chi connectivity index (χ2n) is 2.59. The molecule has 1 rings (SSSR count). The molecule has 3 N–H and O–H groups in total. The monoisotopic (exact) mass is 164 g/mol. The maximum absolute atomic E-state index is 8.59. The summed E-state index contributed by atoms with van der Waals surface area (Å²) in [7, 11) is 0. The van der Waals surface area contributed by atoms with E-state index in [2.05, 4.69) is 5.48 Å². The molecule has 0 saturated heterocycles. The molecule has 0 bridgehead atoms. The quantitative estimate of drug-likeness (QED) is 0.463. The van der Waals surface area contributed by atoms with Gasteiger partial charge in [0.05, 0.1) is 6.04 Å². The van der Waals surface area contributed by atoms with Crippen molar-refractivity contribution in [1.82, 2.24) is 5.48 Å². The Morgan fingerprint density at radius 3 is 2.58 bits per heavy atom. The van der Waals surface area contributed by atoms with E-state index in [0.29, 0.717) is 6.42 Å². The van der Waals surface area contributed by atoms with Crippen molar-refractivity contribution in [3.63, 3.8) is 0 Å². The van der Waals surface area contributed by atoms with Crippen LogP contribution in [0, 0.1) is 5.41 Å². The number of nitrogens with one attached hydrogen (secondary N) is 2. The summed E-state index contributed by atoms with van der Waals surface area (Å²) in [6.07, 6.45) is 1.83. The van der Waals surface area contributed by atoms with Crippen molar-refractivity contribution in [2.45, 2.75) is 12.5 Å². The van der Waals surface area contributed by atoms with E-state index in [4.69, 9.17) is 10.6 Å². The summed E-state index contributed by atoms with van der Waals surface area (Å²) in [6.45, 7) is 0. The van der Waals surface area contributed by atoms with E-state index in [-0.39, 0.29) is 6.04 Å². The van der Waals surface area contributed by atoms with Gasteiger partial charge in [-0.25, -0.2) is 0 Å². The van der Waals surface area contributed by atoms with Crippen molar-refractivity contribution in [2.75, 3.05) is 0 Å². The van der Waals surface area contributed by atoms with Gasteiger partial charge in [0.1, 0.15) is 0 Å². The van der Waals surface area contributed by atoms with Gasteiger partial charge in [-0.3, -0.25) is 0 Å². The minimum absolute atomic E-state index is 0.285. The number of hydrogen-bond donors (Lipinski definition) is 3. The van der Waals surface area contributed by atoms with Crippen LogP contribution in [0.1, 0.15) is 5.56 Å². The molecule has 0 heterocycles. The lowest BCUT2D eigenvalue weighted by Crippen LogP contribution is -2.29. The van der Waals surface area contributed by atoms with Crippen LogP contribution in [-0.2, 0) is 6.42 Å². The summed E-state index contributed by atoms with van der Waals surface area (Å²) in [5.74, 6) is 0. The summed E-state index contributed by atoms with van der Waals surface area (Å²) in [4.78, 5) is 0. The first-order valence-electron chi connectivity index (χ1n) is 3.81. The molecule has 1 unspecified atom stereocenters. The minimum atomic E-state index is -0.285. The van der Waals surface area contributed by atoms with Crippen molar-refractivity contribution in [3.05, 3.63) is 35.9 Å². The van der Waals surface area contributed by atoms with Gasteiger partial charge in [0, 0.05) is 6.21 Å². The van der Waals surface area contributed by atoms with Gasteiger partial charge in [-0.05, 0) is 12.0 Å². The second-order valence-corrected chi connectivity index (χ2v) is 2.59. The Hall–Kier alpha value is -1.19. The largest absolute Gasteiger partial charge is 0.316 e. The third-order valence-corrected chi connectivity index (χ3v) is 1.67. The lowest BCUT2D eigenvalue weighted by atomic mass is 10.1. The first-order valence-corrected chi connectivity index (χ1v) is 3.81. The van der Waals surface area contributed by atoms with Crippen molar-refractivity contribution < 1.29 is 5.21 Å². The molecule has 1 atom stereocenters. The van der Waals surface area contributed by atoms with Gasteiger partial charge in [-0.15, -0.1) is 0 Å². The smallest absolute Gasteiger partial charge is 0.0704 e. The van der Waals surface area contributed by atoms with Crippen LogP contribution in [0.4, 0.5) is 0 Å².